The number of amides is 2. The summed E-state index contributed by atoms with van der Waals surface area (Å²) in [5, 5.41) is 7.31. The molecule has 20 heavy (non-hydrogen) atoms. The lowest BCUT2D eigenvalue weighted by atomic mass is 10.3. The number of hydrogen-bond donors (Lipinski definition) is 2. The molecule has 0 spiro atoms. The van der Waals surface area contributed by atoms with Gasteiger partial charge in [-0.2, -0.15) is 0 Å². The lowest BCUT2D eigenvalue weighted by molar-refractivity contribution is -0.122. The molecule has 0 aliphatic carbocycles. The van der Waals surface area contributed by atoms with Crippen LogP contribution in [0.15, 0.2) is 33.4 Å². The standard InChI is InChI=1S/C13H13BrN2O2S2/c1-8(16-13(18)10-3-2-6-19-10)12(17)15-7-9-4-5-11(14)20-9/h2-6,8H,7H2,1H3,(H,15,17)(H,16,18)/t8-/m1/s1. The molecule has 0 bridgehead atoms. The molecule has 2 aromatic rings. The van der Waals surface area contributed by atoms with E-state index in [1.54, 1.807) is 30.4 Å². The third-order valence-corrected chi connectivity index (χ3v) is 5.04. The molecule has 0 unspecified atom stereocenters. The van der Waals surface area contributed by atoms with E-state index < -0.39 is 6.04 Å². The molecule has 0 aliphatic rings. The smallest absolute Gasteiger partial charge is 0.261 e. The van der Waals surface area contributed by atoms with Gasteiger partial charge in [0.05, 0.1) is 15.2 Å². The normalized spacial score (nSPS) is 11.9. The molecule has 4 nitrogen and oxygen atoms in total. The van der Waals surface area contributed by atoms with E-state index in [0.29, 0.717) is 11.4 Å². The third-order valence-electron chi connectivity index (χ3n) is 2.55. The summed E-state index contributed by atoms with van der Waals surface area (Å²) in [6, 6.07) is 6.86. The molecular weight excluding hydrogens is 360 g/mol. The second kappa shape index (κ2) is 7.01. The summed E-state index contributed by atoms with van der Waals surface area (Å²) >= 11 is 6.29. The number of carbonyl (C=O) groups excluding carboxylic acids is 2. The third kappa shape index (κ3) is 4.16. The van der Waals surface area contributed by atoms with Gasteiger partial charge < -0.3 is 10.6 Å². The van der Waals surface area contributed by atoms with Crippen LogP contribution in [0.4, 0.5) is 0 Å². The summed E-state index contributed by atoms with van der Waals surface area (Å²) in [6.07, 6.45) is 0. The van der Waals surface area contributed by atoms with Crippen molar-refractivity contribution in [2.75, 3.05) is 0 Å². The molecule has 2 rings (SSSR count). The zero-order valence-electron chi connectivity index (χ0n) is 10.7. The van der Waals surface area contributed by atoms with E-state index in [9.17, 15) is 9.59 Å². The largest absolute Gasteiger partial charge is 0.349 e. The van der Waals surface area contributed by atoms with E-state index in [1.165, 1.54) is 11.3 Å². The fourth-order valence-electron chi connectivity index (χ4n) is 1.52. The van der Waals surface area contributed by atoms with Crippen molar-refractivity contribution in [3.8, 4) is 0 Å². The Bertz CT molecular complexity index is 595. The van der Waals surface area contributed by atoms with E-state index in [0.717, 1.165) is 8.66 Å². The van der Waals surface area contributed by atoms with Crippen LogP contribution >= 0.6 is 38.6 Å². The number of thiophene rings is 2. The average Bonchev–Trinajstić information content (AvgIpc) is 3.06. The predicted molar refractivity (Wildman–Crippen MR) is 85.1 cm³/mol. The molecule has 0 radical (unpaired) electrons. The van der Waals surface area contributed by atoms with Gasteiger partial charge in [0.1, 0.15) is 6.04 Å². The SMILES string of the molecule is C[C@@H](NC(=O)c1cccs1)C(=O)NCc1ccc(Br)s1. The van der Waals surface area contributed by atoms with Crippen LogP contribution < -0.4 is 10.6 Å². The Labute approximate surface area is 133 Å². The van der Waals surface area contributed by atoms with Crippen molar-refractivity contribution >= 4 is 50.4 Å². The Kier molecular flexibility index (Phi) is 5.33. The van der Waals surface area contributed by atoms with Crippen LogP contribution in [0.5, 0.6) is 0 Å². The zero-order valence-corrected chi connectivity index (χ0v) is 13.9. The first-order valence-corrected chi connectivity index (χ1v) is 8.41. The minimum absolute atomic E-state index is 0.195. The first kappa shape index (κ1) is 15.2. The van der Waals surface area contributed by atoms with Crippen molar-refractivity contribution in [1.82, 2.24) is 10.6 Å². The number of halogens is 1. The summed E-state index contributed by atoms with van der Waals surface area (Å²) in [7, 11) is 0. The van der Waals surface area contributed by atoms with Crippen molar-refractivity contribution in [1.29, 1.82) is 0 Å². The Morgan fingerprint density at radius 1 is 1.35 bits per heavy atom. The molecule has 0 aliphatic heterocycles. The van der Waals surface area contributed by atoms with Gasteiger partial charge in [-0.3, -0.25) is 9.59 Å². The lowest BCUT2D eigenvalue weighted by Crippen LogP contribution is -2.44. The van der Waals surface area contributed by atoms with Gasteiger partial charge in [-0.05, 0) is 46.4 Å². The summed E-state index contributed by atoms with van der Waals surface area (Å²) in [5.74, 6) is -0.416. The average molecular weight is 373 g/mol. The molecular formula is C13H13BrN2O2S2. The molecule has 1 atom stereocenters. The first-order valence-electron chi connectivity index (χ1n) is 5.92. The highest BCUT2D eigenvalue weighted by Gasteiger charge is 2.16. The number of hydrogen-bond acceptors (Lipinski definition) is 4. The molecule has 2 amide bonds. The van der Waals surface area contributed by atoms with Crippen LogP contribution in [0.1, 0.15) is 21.5 Å². The monoisotopic (exact) mass is 372 g/mol. The molecule has 2 N–H and O–H groups in total. The van der Waals surface area contributed by atoms with Gasteiger partial charge in [-0.25, -0.2) is 0 Å². The van der Waals surface area contributed by atoms with E-state index in [2.05, 4.69) is 26.6 Å². The molecule has 0 aromatic carbocycles. The molecule has 0 saturated carbocycles. The van der Waals surface area contributed by atoms with Gasteiger partial charge in [0, 0.05) is 4.88 Å². The van der Waals surface area contributed by atoms with Crippen molar-refractivity contribution in [2.24, 2.45) is 0 Å². The van der Waals surface area contributed by atoms with E-state index in [1.807, 2.05) is 17.5 Å². The van der Waals surface area contributed by atoms with Crippen molar-refractivity contribution in [3.05, 3.63) is 43.2 Å². The zero-order chi connectivity index (χ0) is 14.5. The van der Waals surface area contributed by atoms with Crippen molar-refractivity contribution < 1.29 is 9.59 Å². The van der Waals surface area contributed by atoms with Gasteiger partial charge in [-0.15, -0.1) is 22.7 Å². The fourth-order valence-corrected chi connectivity index (χ4v) is 3.56. The highest BCUT2D eigenvalue weighted by Crippen LogP contribution is 2.21. The number of carbonyl (C=O) groups is 2. The first-order chi connectivity index (χ1) is 9.56. The van der Waals surface area contributed by atoms with E-state index >= 15 is 0 Å². The van der Waals surface area contributed by atoms with Crippen LogP contribution in [-0.4, -0.2) is 17.9 Å². The maximum Gasteiger partial charge on any atom is 0.261 e. The van der Waals surface area contributed by atoms with Crippen LogP contribution in [0.25, 0.3) is 0 Å². The quantitative estimate of drug-likeness (QED) is 0.847. The molecule has 0 fully saturated rings. The Morgan fingerprint density at radius 3 is 2.75 bits per heavy atom. The second-order valence-corrected chi connectivity index (χ2v) is 7.59. The second-order valence-electron chi connectivity index (χ2n) is 4.10. The molecule has 2 heterocycles. The number of rotatable bonds is 5. The van der Waals surface area contributed by atoms with Crippen molar-refractivity contribution in [3.63, 3.8) is 0 Å². The Balaban J connectivity index is 1.81. The summed E-state index contributed by atoms with van der Waals surface area (Å²) in [4.78, 5) is 25.4. The highest BCUT2D eigenvalue weighted by molar-refractivity contribution is 9.11. The summed E-state index contributed by atoms with van der Waals surface area (Å²) in [5.41, 5.74) is 0. The van der Waals surface area contributed by atoms with Crippen LogP contribution in [0, 0.1) is 0 Å². The fraction of sp³-hybridized carbons (Fsp3) is 0.231. The molecule has 0 saturated heterocycles. The van der Waals surface area contributed by atoms with Crippen LogP contribution in [0.3, 0.4) is 0 Å². The van der Waals surface area contributed by atoms with Gasteiger partial charge >= 0.3 is 0 Å². The number of nitrogens with one attached hydrogen (secondary N) is 2. The summed E-state index contributed by atoms with van der Waals surface area (Å²) < 4.78 is 1.03. The molecule has 2 aromatic heterocycles. The maximum atomic E-state index is 11.9. The van der Waals surface area contributed by atoms with Gasteiger partial charge in [-0.1, -0.05) is 6.07 Å². The minimum Gasteiger partial charge on any atom is -0.349 e. The van der Waals surface area contributed by atoms with Crippen LogP contribution in [0.2, 0.25) is 0 Å². The predicted octanol–water partition coefficient (Wildman–Crippen LogP) is 3.01. The summed E-state index contributed by atoms with van der Waals surface area (Å²) in [6.45, 7) is 2.14. The minimum atomic E-state index is -0.562. The van der Waals surface area contributed by atoms with Crippen molar-refractivity contribution in [2.45, 2.75) is 19.5 Å². The van der Waals surface area contributed by atoms with E-state index in [-0.39, 0.29) is 11.8 Å². The van der Waals surface area contributed by atoms with E-state index in [4.69, 9.17) is 0 Å². The lowest BCUT2D eigenvalue weighted by Gasteiger charge is -2.13. The Morgan fingerprint density at radius 2 is 2.15 bits per heavy atom. The van der Waals surface area contributed by atoms with Crippen LogP contribution in [-0.2, 0) is 11.3 Å². The maximum absolute atomic E-state index is 11.9. The molecule has 106 valence electrons. The topological polar surface area (TPSA) is 58.2 Å². The highest BCUT2D eigenvalue weighted by atomic mass is 79.9. The Hall–Kier alpha value is -1.18. The van der Waals surface area contributed by atoms with Gasteiger partial charge in [0.25, 0.3) is 5.91 Å². The van der Waals surface area contributed by atoms with Gasteiger partial charge in [0.15, 0.2) is 0 Å². The van der Waals surface area contributed by atoms with Gasteiger partial charge in [0.2, 0.25) is 5.91 Å². The molecule has 7 heteroatoms.